The lowest BCUT2D eigenvalue weighted by molar-refractivity contribution is -0.274. The summed E-state index contributed by atoms with van der Waals surface area (Å²) in [7, 11) is 0. The van der Waals surface area contributed by atoms with Gasteiger partial charge in [0.05, 0.1) is 9.47 Å². The number of aliphatic imine (C=N–C) groups is 1. The predicted octanol–water partition coefficient (Wildman–Crippen LogP) is 5.00. The third-order valence-corrected chi connectivity index (χ3v) is 4.33. The summed E-state index contributed by atoms with van der Waals surface area (Å²) in [6.45, 7) is 0.425. The molecule has 0 unspecified atom stereocenters. The largest absolute Gasteiger partial charge is 0.573 e. The molecule has 0 aliphatic heterocycles. The van der Waals surface area contributed by atoms with Crippen molar-refractivity contribution in [2.24, 2.45) is 10.7 Å². The Balaban J connectivity index is 0.00000288. The Morgan fingerprint density at radius 2 is 1.96 bits per heavy atom. The van der Waals surface area contributed by atoms with E-state index < -0.39 is 6.36 Å². The van der Waals surface area contributed by atoms with Gasteiger partial charge in [0.1, 0.15) is 0 Å². The summed E-state index contributed by atoms with van der Waals surface area (Å²) in [5.41, 5.74) is 5.81. The molecule has 3 N–H and O–H groups in total. The van der Waals surface area contributed by atoms with E-state index >= 15 is 0 Å². The molecule has 132 valence electrons. The van der Waals surface area contributed by atoms with Crippen LogP contribution in [0.2, 0.25) is 0 Å². The first-order valence-corrected chi connectivity index (χ1v) is 8.10. The molecule has 1 aromatic heterocycles. The molecule has 0 amide bonds. The van der Waals surface area contributed by atoms with E-state index in [0.29, 0.717) is 13.0 Å². The number of thiophene rings is 1. The number of guanidine groups is 1. The summed E-state index contributed by atoms with van der Waals surface area (Å²) in [6.07, 6.45) is -4.07. The number of nitrogens with two attached hydrogens (primary N) is 1. The van der Waals surface area contributed by atoms with Crippen molar-refractivity contribution in [2.75, 3.05) is 11.9 Å². The maximum atomic E-state index is 12.3. The van der Waals surface area contributed by atoms with Gasteiger partial charge in [-0.3, -0.25) is 4.99 Å². The van der Waals surface area contributed by atoms with Crippen LogP contribution in [-0.4, -0.2) is 18.9 Å². The zero-order valence-corrected chi connectivity index (χ0v) is 16.9. The van der Waals surface area contributed by atoms with Crippen LogP contribution in [-0.2, 0) is 6.42 Å². The van der Waals surface area contributed by atoms with Crippen molar-refractivity contribution in [3.8, 4) is 5.75 Å². The fourth-order valence-electron chi connectivity index (χ4n) is 1.73. The van der Waals surface area contributed by atoms with Crippen LogP contribution >= 0.6 is 51.2 Å². The van der Waals surface area contributed by atoms with Crippen LogP contribution in [0.1, 0.15) is 4.88 Å². The lowest BCUT2D eigenvalue weighted by Crippen LogP contribution is -2.24. The molecule has 0 fully saturated rings. The highest BCUT2D eigenvalue weighted by atomic mass is 127. The average Bonchev–Trinajstić information content (AvgIpc) is 2.85. The second-order valence-electron chi connectivity index (χ2n) is 4.39. The van der Waals surface area contributed by atoms with Crippen molar-refractivity contribution in [3.05, 3.63) is 45.1 Å². The van der Waals surface area contributed by atoms with Gasteiger partial charge >= 0.3 is 6.36 Å². The highest BCUT2D eigenvalue weighted by molar-refractivity contribution is 14.0. The Hall–Kier alpha value is -1.01. The number of hydrogen-bond donors (Lipinski definition) is 2. The maximum absolute atomic E-state index is 12.3. The molecule has 0 atom stereocenters. The second-order valence-corrected chi connectivity index (χ2v) is 6.94. The third-order valence-electron chi connectivity index (χ3n) is 2.64. The van der Waals surface area contributed by atoms with E-state index in [-0.39, 0.29) is 41.4 Å². The quantitative estimate of drug-likeness (QED) is 0.322. The normalized spacial score (nSPS) is 11.8. The highest BCUT2D eigenvalue weighted by Crippen LogP contribution is 2.29. The Bertz CT molecular complexity index is 694. The van der Waals surface area contributed by atoms with Crippen LogP contribution in [0.25, 0.3) is 0 Å². The fraction of sp³-hybridized carbons (Fsp3) is 0.214. The minimum atomic E-state index is -4.77. The van der Waals surface area contributed by atoms with Crippen molar-refractivity contribution in [2.45, 2.75) is 12.8 Å². The van der Waals surface area contributed by atoms with Gasteiger partial charge in [0.2, 0.25) is 0 Å². The lowest BCUT2D eigenvalue weighted by Gasteiger charge is -2.14. The molecule has 10 heteroatoms. The van der Waals surface area contributed by atoms with Crippen LogP contribution in [0.5, 0.6) is 5.75 Å². The third kappa shape index (κ3) is 7.26. The topological polar surface area (TPSA) is 59.6 Å². The van der Waals surface area contributed by atoms with E-state index in [9.17, 15) is 13.2 Å². The first-order chi connectivity index (χ1) is 10.8. The van der Waals surface area contributed by atoms with E-state index in [1.54, 1.807) is 17.4 Å². The molecule has 4 nitrogen and oxygen atoms in total. The molecule has 0 saturated carbocycles. The molecular weight excluding hydrogens is 522 g/mol. The van der Waals surface area contributed by atoms with Crippen LogP contribution in [0, 0.1) is 0 Å². The molecule has 24 heavy (non-hydrogen) atoms. The lowest BCUT2D eigenvalue weighted by atomic mass is 10.3. The summed E-state index contributed by atoms with van der Waals surface area (Å²) < 4.78 is 42.0. The summed E-state index contributed by atoms with van der Waals surface area (Å²) in [6, 6.07) is 9.55. The number of nitrogens with one attached hydrogen (secondary N) is 1. The average molecular weight is 536 g/mol. The maximum Gasteiger partial charge on any atom is 0.573 e. The molecular formula is C14H14BrF3IN3OS. The number of halogens is 5. The number of alkyl halides is 3. The van der Waals surface area contributed by atoms with E-state index in [2.05, 4.69) is 31.0 Å². The first kappa shape index (κ1) is 21.0. The van der Waals surface area contributed by atoms with Crippen LogP contribution in [0.3, 0.4) is 0 Å². The van der Waals surface area contributed by atoms with Gasteiger partial charge in [-0.05, 0) is 40.2 Å². The van der Waals surface area contributed by atoms with E-state index in [0.717, 1.165) is 8.66 Å². The second kappa shape index (κ2) is 9.47. The van der Waals surface area contributed by atoms with E-state index in [1.807, 2.05) is 12.1 Å². The Morgan fingerprint density at radius 3 is 2.58 bits per heavy atom. The Kier molecular flexibility index (Phi) is 8.30. The number of rotatable bonds is 5. The number of ether oxygens (including phenoxy) is 1. The van der Waals surface area contributed by atoms with E-state index in [4.69, 9.17) is 5.73 Å². The molecule has 1 aromatic carbocycles. The number of hydrogen-bond acceptors (Lipinski definition) is 3. The van der Waals surface area contributed by atoms with Gasteiger partial charge in [-0.2, -0.15) is 0 Å². The van der Waals surface area contributed by atoms with E-state index in [1.165, 1.54) is 18.2 Å². The molecule has 0 aliphatic rings. The zero-order valence-electron chi connectivity index (χ0n) is 12.1. The summed E-state index contributed by atoms with van der Waals surface area (Å²) in [5.74, 6) is -0.334. The minimum absolute atomic E-state index is 0. The zero-order chi connectivity index (χ0) is 16.9. The van der Waals surface area contributed by atoms with Crippen molar-refractivity contribution in [3.63, 3.8) is 0 Å². The van der Waals surface area contributed by atoms with Gasteiger partial charge in [-0.1, -0.05) is 12.1 Å². The summed E-state index contributed by atoms with van der Waals surface area (Å²) >= 11 is 4.96. The van der Waals surface area contributed by atoms with Crippen LogP contribution in [0.4, 0.5) is 18.9 Å². The van der Waals surface area contributed by atoms with Crippen molar-refractivity contribution >= 4 is 62.9 Å². The molecule has 0 spiro atoms. The molecule has 0 saturated heterocycles. The van der Waals surface area contributed by atoms with Crippen molar-refractivity contribution < 1.29 is 17.9 Å². The SMILES string of the molecule is I.NC(=NCCc1ccc(Br)s1)Nc1ccccc1OC(F)(F)F. The molecule has 1 heterocycles. The molecule has 0 aliphatic carbocycles. The Labute approximate surface area is 166 Å². The van der Waals surface area contributed by atoms with Crippen LogP contribution in [0.15, 0.2) is 45.2 Å². The smallest absolute Gasteiger partial charge is 0.404 e. The molecule has 0 radical (unpaired) electrons. The van der Waals surface area contributed by atoms with Gasteiger partial charge in [0, 0.05) is 17.8 Å². The first-order valence-electron chi connectivity index (χ1n) is 6.49. The van der Waals surface area contributed by atoms with Crippen molar-refractivity contribution in [1.29, 1.82) is 0 Å². The highest BCUT2D eigenvalue weighted by Gasteiger charge is 2.32. The predicted molar refractivity (Wildman–Crippen MR) is 104 cm³/mol. The standard InChI is InChI=1S/C14H13BrF3N3OS.HI/c15-12-6-5-9(23-12)7-8-20-13(19)21-10-3-1-2-4-11(10)22-14(16,17)18;/h1-6H,7-8H2,(H3,19,20,21);1H. The van der Waals surface area contributed by atoms with Gasteiger partial charge in [0.25, 0.3) is 0 Å². The number of anilines is 1. The summed E-state index contributed by atoms with van der Waals surface area (Å²) in [4.78, 5) is 5.23. The van der Waals surface area contributed by atoms with Gasteiger partial charge in [0.15, 0.2) is 11.7 Å². The number of nitrogens with zero attached hydrogens (tertiary/aromatic N) is 1. The van der Waals surface area contributed by atoms with Gasteiger partial charge < -0.3 is 15.8 Å². The molecule has 0 bridgehead atoms. The number of para-hydroxylation sites is 2. The van der Waals surface area contributed by atoms with Gasteiger partial charge in [-0.25, -0.2) is 0 Å². The fourth-order valence-corrected chi connectivity index (χ4v) is 3.21. The van der Waals surface area contributed by atoms with Gasteiger partial charge in [-0.15, -0.1) is 48.5 Å². The number of benzene rings is 1. The Morgan fingerprint density at radius 1 is 1.25 bits per heavy atom. The van der Waals surface area contributed by atoms with Crippen LogP contribution < -0.4 is 15.8 Å². The molecule has 2 aromatic rings. The monoisotopic (exact) mass is 535 g/mol. The minimum Gasteiger partial charge on any atom is -0.404 e. The molecule has 2 rings (SSSR count). The summed E-state index contributed by atoms with van der Waals surface area (Å²) in [5, 5.41) is 2.62. The van der Waals surface area contributed by atoms with Crippen molar-refractivity contribution in [1.82, 2.24) is 0 Å².